The van der Waals surface area contributed by atoms with Gasteiger partial charge >= 0.3 is 5.97 Å². The summed E-state index contributed by atoms with van der Waals surface area (Å²) in [6.45, 7) is 0.555. The average Bonchev–Trinajstić information content (AvgIpc) is 2.32. The van der Waals surface area contributed by atoms with Crippen LogP contribution in [-0.2, 0) is 4.79 Å². The minimum Gasteiger partial charge on any atom is -0.481 e. The van der Waals surface area contributed by atoms with E-state index in [1.165, 1.54) is 0 Å². The van der Waals surface area contributed by atoms with Crippen LogP contribution in [0.2, 0.25) is 0 Å². The molecule has 1 aliphatic rings. The van der Waals surface area contributed by atoms with Gasteiger partial charge in [0.15, 0.2) is 0 Å². The molecule has 0 aromatic rings. The minimum absolute atomic E-state index is 0.361. The van der Waals surface area contributed by atoms with Crippen LogP contribution in [0.15, 0.2) is 0 Å². The first-order valence-corrected chi connectivity index (χ1v) is 3.85. The first-order chi connectivity index (χ1) is 5.52. The molecule has 1 rings (SSSR count). The lowest BCUT2D eigenvalue weighted by Gasteiger charge is -2.21. The number of alkyl halides is 2. The van der Waals surface area contributed by atoms with Gasteiger partial charge in [-0.3, -0.25) is 4.79 Å². The van der Waals surface area contributed by atoms with Crippen molar-refractivity contribution < 1.29 is 18.7 Å². The molecule has 1 unspecified atom stereocenters. The summed E-state index contributed by atoms with van der Waals surface area (Å²) in [4.78, 5) is 10.1. The van der Waals surface area contributed by atoms with E-state index in [1.54, 1.807) is 0 Å². The lowest BCUT2D eigenvalue weighted by molar-refractivity contribution is -0.146. The molecule has 0 aliphatic carbocycles. The summed E-state index contributed by atoms with van der Waals surface area (Å²) in [7, 11) is 0. The van der Waals surface area contributed by atoms with E-state index < -0.39 is 24.4 Å². The first kappa shape index (κ1) is 9.38. The molecule has 1 heterocycles. The van der Waals surface area contributed by atoms with Crippen LogP contribution < -0.4 is 5.32 Å². The normalized spacial score (nSPS) is 24.3. The summed E-state index contributed by atoms with van der Waals surface area (Å²) in [5.41, 5.74) is 0. The highest BCUT2D eigenvalue weighted by Gasteiger charge is 2.42. The Morgan fingerprint density at radius 3 is 2.75 bits per heavy atom. The van der Waals surface area contributed by atoms with E-state index >= 15 is 0 Å². The van der Waals surface area contributed by atoms with Gasteiger partial charge in [-0.1, -0.05) is 0 Å². The van der Waals surface area contributed by atoms with E-state index in [9.17, 15) is 13.6 Å². The monoisotopic (exact) mass is 179 g/mol. The van der Waals surface area contributed by atoms with Gasteiger partial charge in [0.05, 0.1) is 6.04 Å². The fourth-order valence-electron chi connectivity index (χ4n) is 1.37. The van der Waals surface area contributed by atoms with Gasteiger partial charge in [-0.25, -0.2) is 8.78 Å². The smallest absolute Gasteiger partial charge is 0.309 e. The van der Waals surface area contributed by atoms with Crippen molar-refractivity contribution in [2.24, 2.45) is 0 Å². The topological polar surface area (TPSA) is 49.3 Å². The highest BCUT2D eigenvalue weighted by atomic mass is 19.3. The van der Waals surface area contributed by atoms with Gasteiger partial charge in [-0.2, -0.15) is 0 Å². The second-order valence-corrected chi connectivity index (χ2v) is 2.98. The van der Waals surface area contributed by atoms with Crippen LogP contribution in [0.1, 0.15) is 19.3 Å². The predicted octanol–water partition coefficient (Wildman–Crippen LogP) is 0.848. The van der Waals surface area contributed by atoms with Gasteiger partial charge in [0.25, 0.3) is 5.92 Å². The van der Waals surface area contributed by atoms with E-state index in [-0.39, 0.29) is 0 Å². The van der Waals surface area contributed by atoms with Crippen molar-refractivity contribution in [3.63, 3.8) is 0 Å². The van der Waals surface area contributed by atoms with Crippen LogP contribution in [-0.4, -0.2) is 29.6 Å². The van der Waals surface area contributed by atoms with E-state index in [0.717, 1.165) is 0 Å². The summed E-state index contributed by atoms with van der Waals surface area (Å²) in [6.07, 6.45) is -0.0230. The molecule has 1 atom stereocenters. The van der Waals surface area contributed by atoms with Crippen LogP contribution in [0.4, 0.5) is 8.78 Å². The maximum absolute atomic E-state index is 12.9. The third-order valence-corrected chi connectivity index (χ3v) is 1.96. The number of carbonyl (C=O) groups is 1. The van der Waals surface area contributed by atoms with E-state index in [4.69, 9.17) is 5.11 Å². The van der Waals surface area contributed by atoms with Crippen molar-refractivity contribution >= 4 is 5.97 Å². The maximum Gasteiger partial charge on any atom is 0.309 e. The SMILES string of the molecule is O=C(O)CC(F)(F)C1CCCN1. The number of nitrogens with one attached hydrogen (secondary N) is 1. The van der Waals surface area contributed by atoms with Crippen molar-refractivity contribution in [2.45, 2.75) is 31.2 Å². The molecule has 3 nitrogen and oxygen atoms in total. The maximum atomic E-state index is 12.9. The molecule has 1 fully saturated rings. The molecule has 1 saturated heterocycles. The van der Waals surface area contributed by atoms with Crippen molar-refractivity contribution in [3.8, 4) is 0 Å². The van der Waals surface area contributed by atoms with Crippen LogP contribution in [0, 0.1) is 0 Å². The van der Waals surface area contributed by atoms with Crippen LogP contribution in [0.25, 0.3) is 0 Å². The van der Waals surface area contributed by atoms with Crippen molar-refractivity contribution in [2.75, 3.05) is 6.54 Å². The third kappa shape index (κ3) is 2.14. The Labute approximate surface area is 68.8 Å². The van der Waals surface area contributed by atoms with Gasteiger partial charge in [-0.15, -0.1) is 0 Å². The van der Waals surface area contributed by atoms with Crippen molar-refractivity contribution in [3.05, 3.63) is 0 Å². The van der Waals surface area contributed by atoms with Gasteiger partial charge in [0.1, 0.15) is 6.42 Å². The Morgan fingerprint density at radius 1 is 1.67 bits per heavy atom. The Balaban J connectivity index is 2.50. The average molecular weight is 179 g/mol. The Bertz CT molecular complexity index is 178. The van der Waals surface area contributed by atoms with Gasteiger partial charge in [0.2, 0.25) is 0 Å². The molecule has 1 aliphatic heterocycles. The van der Waals surface area contributed by atoms with Crippen molar-refractivity contribution in [1.29, 1.82) is 0 Å². The fourth-order valence-corrected chi connectivity index (χ4v) is 1.37. The van der Waals surface area contributed by atoms with Crippen LogP contribution in [0.3, 0.4) is 0 Å². The second kappa shape index (κ2) is 3.35. The quantitative estimate of drug-likeness (QED) is 0.675. The van der Waals surface area contributed by atoms with E-state index in [1.807, 2.05) is 0 Å². The largest absolute Gasteiger partial charge is 0.481 e. The summed E-state index contributed by atoms with van der Waals surface area (Å²) in [5.74, 6) is -4.56. The molecule has 0 radical (unpaired) electrons. The Kier molecular flexibility index (Phi) is 2.62. The summed E-state index contributed by atoms with van der Waals surface area (Å²) >= 11 is 0. The lowest BCUT2D eigenvalue weighted by atomic mass is 10.1. The third-order valence-electron chi connectivity index (χ3n) is 1.96. The van der Waals surface area contributed by atoms with E-state index in [0.29, 0.717) is 19.4 Å². The highest BCUT2D eigenvalue weighted by molar-refractivity contribution is 5.68. The zero-order valence-corrected chi connectivity index (χ0v) is 6.52. The van der Waals surface area contributed by atoms with Gasteiger partial charge < -0.3 is 10.4 Å². The molecule has 5 heteroatoms. The van der Waals surface area contributed by atoms with Gasteiger partial charge in [-0.05, 0) is 19.4 Å². The molecule has 0 saturated carbocycles. The molecule has 0 amide bonds. The number of hydrogen-bond acceptors (Lipinski definition) is 2. The molecule has 0 bridgehead atoms. The summed E-state index contributed by atoms with van der Waals surface area (Å²) in [5, 5.41) is 10.8. The number of halogens is 2. The number of aliphatic carboxylic acids is 1. The first-order valence-electron chi connectivity index (χ1n) is 3.85. The number of carboxylic acid groups (broad SMARTS) is 1. The molecular weight excluding hydrogens is 168 g/mol. The summed E-state index contributed by atoms with van der Waals surface area (Å²) < 4.78 is 25.9. The lowest BCUT2D eigenvalue weighted by Crippen LogP contribution is -2.42. The molecule has 12 heavy (non-hydrogen) atoms. The molecule has 70 valence electrons. The molecule has 0 aromatic carbocycles. The van der Waals surface area contributed by atoms with Gasteiger partial charge in [0, 0.05) is 0 Å². The number of hydrogen-bond donors (Lipinski definition) is 2. The molecule has 0 spiro atoms. The molecular formula is C7H11F2NO2. The fraction of sp³-hybridized carbons (Fsp3) is 0.857. The Morgan fingerprint density at radius 2 is 2.33 bits per heavy atom. The van der Waals surface area contributed by atoms with Crippen molar-refractivity contribution in [1.82, 2.24) is 5.32 Å². The molecule has 0 aromatic heterocycles. The minimum atomic E-state index is -3.11. The van der Waals surface area contributed by atoms with Crippen LogP contribution >= 0.6 is 0 Å². The number of rotatable bonds is 3. The zero-order chi connectivity index (χ0) is 9.19. The predicted molar refractivity (Wildman–Crippen MR) is 38.2 cm³/mol. The zero-order valence-electron chi connectivity index (χ0n) is 6.52. The molecule has 2 N–H and O–H groups in total. The number of carboxylic acids is 1. The van der Waals surface area contributed by atoms with Crippen LogP contribution in [0.5, 0.6) is 0 Å². The highest BCUT2D eigenvalue weighted by Crippen LogP contribution is 2.28. The second-order valence-electron chi connectivity index (χ2n) is 2.98. The van der Waals surface area contributed by atoms with E-state index in [2.05, 4.69) is 5.32 Å². The standard InChI is InChI=1S/C7H11F2NO2/c8-7(9,4-6(11)12)5-2-1-3-10-5/h5,10H,1-4H2,(H,11,12). The Hall–Kier alpha value is -0.710. The summed E-state index contributed by atoms with van der Waals surface area (Å²) in [6, 6.07) is -0.950.